The number of imidazole rings is 1. The van der Waals surface area contributed by atoms with E-state index < -0.39 is 0 Å². The highest BCUT2D eigenvalue weighted by atomic mass is 15.1. The van der Waals surface area contributed by atoms with Crippen molar-refractivity contribution in [2.45, 2.75) is 13.3 Å². The van der Waals surface area contributed by atoms with E-state index in [4.69, 9.17) is 10.2 Å². The molecule has 0 saturated carbocycles. The average Bonchev–Trinajstić information content (AvgIpc) is 2.77. The van der Waals surface area contributed by atoms with Crippen LogP contribution in [0.25, 0.3) is 22.4 Å². The Kier molecular flexibility index (Phi) is 3.00. The van der Waals surface area contributed by atoms with Crippen LogP contribution in [-0.4, -0.2) is 9.55 Å². The number of benzene rings is 2. The zero-order valence-corrected chi connectivity index (χ0v) is 11.6. The van der Waals surface area contributed by atoms with E-state index in [1.54, 1.807) is 0 Å². The summed E-state index contributed by atoms with van der Waals surface area (Å²) in [6.45, 7) is 2.09. The molecule has 0 aliphatic heterocycles. The summed E-state index contributed by atoms with van der Waals surface area (Å²) in [5, 5.41) is 8.79. The van der Waals surface area contributed by atoms with Crippen LogP contribution in [0.3, 0.4) is 0 Å². The topological polar surface area (TPSA) is 41.6 Å². The summed E-state index contributed by atoms with van der Waals surface area (Å²) in [6, 6.07) is 16.5. The summed E-state index contributed by atoms with van der Waals surface area (Å²) in [7, 11) is 2.03. The van der Waals surface area contributed by atoms with Crippen LogP contribution in [0.4, 0.5) is 0 Å². The van der Waals surface area contributed by atoms with Crippen molar-refractivity contribution >= 4 is 11.0 Å². The van der Waals surface area contributed by atoms with E-state index in [0.29, 0.717) is 6.42 Å². The molecule has 1 aromatic heterocycles. The third-order valence-corrected chi connectivity index (χ3v) is 3.61. The van der Waals surface area contributed by atoms with E-state index in [1.807, 2.05) is 37.4 Å². The van der Waals surface area contributed by atoms with Crippen LogP contribution >= 0.6 is 0 Å². The maximum Gasteiger partial charge on any atom is 0.141 e. The maximum atomic E-state index is 8.79. The first-order valence-electron chi connectivity index (χ1n) is 6.59. The van der Waals surface area contributed by atoms with Gasteiger partial charge in [-0.25, -0.2) is 4.98 Å². The molecule has 3 nitrogen and oxygen atoms in total. The van der Waals surface area contributed by atoms with Crippen LogP contribution in [0.5, 0.6) is 0 Å². The van der Waals surface area contributed by atoms with Crippen molar-refractivity contribution in [1.82, 2.24) is 9.55 Å². The van der Waals surface area contributed by atoms with Crippen LogP contribution in [0, 0.1) is 18.3 Å². The lowest BCUT2D eigenvalue weighted by Gasteiger charge is -2.05. The summed E-state index contributed by atoms with van der Waals surface area (Å²) in [5.41, 5.74) is 5.40. The zero-order valence-electron chi connectivity index (χ0n) is 11.6. The molecule has 0 fully saturated rings. The molecule has 20 heavy (non-hydrogen) atoms. The monoisotopic (exact) mass is 261 g/mol. The Morgan fingerprint density at radius 1 is 1.20 bits per heavy atom. The van der Waals surface area contributed by atoms with Gasteiger partial charge in [0.15, 0.2) is 0 Å². The molecule has 3 heteroatoms. The number of hydrogen-bond acceptors (Lipinski definition) is 2. The lowest BCUT2D eigenvalue weighted by Crippen LogP contribution is -1.94. The molecule has 0 aliphatic rings. The van der Waals surface area contributed by atoms with E-state index in [2.05, 4.69) is 29.7 Å². The van der Waals surface area contributed by atoms with Crippen molar-refractivity contribution in [3.05, 3.63) is 53.6 Å². The van der Waals surface area contributed by atoms with E-state index >= 15 is 0 Å². The van der Waals surface area contributed by atoms with Gasteiger partial charge in [-0.1, -0.05) is 30.3 Å². The van der Waals surface area contributed by atoms with Gasteiger partial charge in [0, 0.05) is 12.6 Å². The Morgan fingerprint density at radius 3 is 2.75 bits per heavy atom. The number of fused-ring (bicyclic) bond motifs is 1. The Hall–Kier alpha value is -2.60. The fraction of sp³-hybridized carbons (Fsp3) is 0.176. The standard InChI is InChI=1S/C17H15N3/c1-12-5-3-4-6-14(12)17-19-15-11-13(9-10-18)7-8-16(15)20(17)2/h3-8,11H,9H2,1-2H3. The van der Waals surface area contributed by atoms with E-state index in [9.17, 15) is 0 Å². The van der Waals surface area contributed by atoms with Crippen LogP contribution in [0.2, 0.25) is 0 Å². The molecule has 0 unspecified atom stereocenters. The molecule has 98 valence electrons. The van der Waals surface area contributed by atoms with Crippen molar-refractivity contribution in [1.29, 1.82) is 5.26 Å². The third-order valence-electron chi connectivity index (χ3n) is 3.61. The van der Waals surface area contributed by atoms with Gasteiger partial charge in [0.05, 0.1) is 23.5 Å². The fourth-order valence-corrected chi connectivity index (χ4v) is 2.51. The fourth-order valence-electron chi connectivity index (χ4n) is 2.51. The molecule has 3 rings (SSSR count). The van der Waals surface area contributed by atoms with Gasteiger partial charge in [-0.3, -0.25) is 0 Å². The molecule has 2 aromatic carbocycles. The Bertz CT molecular complexity index is 822. The molecule has 0 spiro atoms. The number of aromatic nitrogens is 2. The molecule has 0 saturated heterocycles. The minimum absolute atomic E-state index is 0.423. The lowest BCUT2D eigenvalue weighted by molar-refractivity contribution is 0.957. The number of aryl methyl sites for hydroxylation is 2. The predicted molar refractivity (Wildman–Crippen MR) is 80.2 cm³/mol. The highest BCUT2D eigenvalue weighted by Gasteiger charge is 2.11. The minimum atomic E-state index is 0.423. The quantitative estimate of drug-likeness (QED) is 0.707. The summed E-state index contributed by atoms with van der Waals surface area (Å²) >= 11 is 0. The van der Waals surface area contributed by atoms with Crippen molar-refractivity contribution < 1.29 is 0 Å². The van der Waals surface area contributed by atoms with Gasteiger partial charge < -0.3 is 4.57 Å². The first kappa shape index (κ1) is 12.4. The van der Waals surface area contributed by atoms with Crippen LogP contribution in [0.1, 0.15) is 11.1 Å². The van der Waals surface area contributed by atoms with Crippen molar-refractivity contribution in [3.63, 3.8) is 0 Å². The Labute approximate surface area is 118 Å². The Balaban J connectivity index is 2.21. The normalized spacial score (nSPS) is 10.7. The summed E-state index contributed by atoms with van der Waals surface area (Å²) in [5.74, 6) is 0.965. The summed E-state index contributed by atoms with van der Waals surface area (Å²) in [4.78, 5) is 4.74. The van der Waals surface area contributed by atoms with Gasteiger partial charge in [-0.15, -0.1) is 0 Å². The van der Waals surface area contributed by atoms with Crippen LogP contribution < -0.4 is 0 Å². The minimum Gasteiger partial charge on any atom is -0.327 e. The molecule has 0 radical (unpaired) electrons. The second-order valence-electron chi connectivity index (χ2n) is 4.97. The van der Waals surface area contributed by atoms with E-state index in [0.717, 1.165) is 28.0 Å². The summed E-state index contributed by atoms with van der Waals surface area (Å²) < 4.78 is 2.10. The number of rotatable bonds is 2. The average molecular weight is 261 g/mol. The molecular weight excluding hydrogens is 246 g/mol. The molecule has 1 heterocycles. The van der Waals surface area contributed by atoms with Crippen molar-refractivity contribution in [3.8, 4) is 17.5 Å². The second-order valence-corrected chi connectivity index (χ2v) is 4.97. The van der Waals surface area contributed by atoms with E-state index in [-0.39, 0.29) is 0 Å². The van der Waals surface area contributed by atoms with Crippen LogP contribution in [0.15, 0.2) is 42.5 Å². The first-order valence-corrected chi connectivity index (χ1v) is 6.59. The van der Waals surface area contributed by atoms with E-state index in [1.165, 1.54) is 5.56 Å². The maximum absolute atomic E-state index is 8.79. The van der Waals surface area contributed by atoms with Gasteiger partial charge in [0.25, 0.3) is 0 Å². The van der Waals surface area contributed by atoms with Gasteiger partial charge in [0.1, 0.15) is 5.82 Å². The third kappa shape index (κ3) is 1.96. The second kappa shape index (κ2) is 4.82. The molecular formula is C17H15N3. The number of nitrogens with zero attached hydrogens (tertiary/aromatic N) is 3. The van der Waals surface area contributed by atoms with Crippen molar-refractivity contribution in [2.24, 2.45) is 7.05 Å². The number of hydrogen-bond donors (Lipinski definition) is 0. The van der Waals surface area contributed by atoms with Gasteiger partial charge in [0.2, 0.25) is 0 Å². The van der Waals surface area contributed by atoms with Gasteiger partial charge in [-0.05, 0) is 30.2 Å². The molecule has 0 aliphatic carbocycles. The largest absolute Gasteiger partial charge is 0.327 e. The summed E-state index contributed by atoms with van der Waals surface area (Å²) in [6.07, 6.45) is 0.423. The van der Waals surface area contributed by atoms with Gasteiger partial charge in [-0.2, -0.15) is 5.26 Å². The van der Waals surface area contributed by atoms with Crippen LogP contribution in [-0.2, 0) is 13.5 Å². The molecule has 0 bridgehead atoms. The SMILES string of the molecule is Cc1ccccc1-c1nc2cc(CC#N)ccc2n1C. The first-order chi connectivity index (χ1) is 9.70. The molecule has 0 atom stereocenters. The zero-order chi connectivity index (χ0) is 14.1. The molecule has 0 amide bonds. The highest BCUT2D eigenvalue weighted by molar-refractivity contribution is 5.81. The molecule has 0 N–H and O–H groups in total. The van der Waals surface area contributed by atoms with Gasteiger partial charge >= 0.3 is 0 Å². The predicted octanol–water partition coefficient (Wildman–Crippen LogP) is 3.61. The number of nitriles is 1. The smallest absolute Gasteiger partial charge is 0.141 e. The highest BCUT2D eigenvalue weighted by Crippen LogP contribution is 2.26. The Morgan fingerprint density at radius 2 is 2.00 bits per heavy atom. The van der Waals surface area contributed by atoms with Crippen molar-refractivity contribution in [2.75, 3.05) is 0 Å². The lowest BCUT2D eigenvalue weighted by atomic mass is 10.1. The molecule has 3 aromatic rings.